The van der Waals surface area contributed by atoms with E-state index in [0.29, 0.717) is 12.3 Å². The summed E-state index contributed by atoms with van der Waals surface area (Å²) in [4.78, 5) is 28.0. The average molecular weight is 279 g/mol. The molecular formula is C15H25N3O2. The lowest BCUT2D eigenvalue weighted by Gasteiger charge is -2.41. The molecule has 3 amide bonds. The maximum atomic E-state index is 12.5. The molecule has 1 N–H and O–H groups in total. The molecule has 0 aliphatic carbocycles. The number of nitrogens with zero attached hydrogens (tertiary/aromatic N) is 2. The molecule has 1 atom stereocenters. The standard InChI is InChI=1S/C15H25N3O2/c1-12-3-2-6-18(10-12)14(20)17-7-4-15(5-8-17)9-13(19)16-11-15/h12H,2-11H2,1H3,(H,16,19). The molecule has 3 saturated heterocycles. The number of likely N-dealkylation sites (tertiary alicyclic amines) is 2. The van der Waals surface area contributed by atoms with E-state index < -0.39 is 0 Å². The van der Waals surface area contributed by atoms with Crippen LogP contribution >= 0.6 is 0 Å². The van der Waals surface area contributed by atoms with Gasteiger partial charge in [-0.05, 0) is 37.0 Å². The molecule has 3 heterocycles. The van der Waals surface area contributed by atoms with Crippen molar-refractivity contribution in [3.63, 3.8) is 0 Å². The molecule has 0 bridgehead atoms. The summed E-state index contributed by atoms with van der Waals surface area (Å²) in [7, 11) is 0. The zero-order valence-corrected chi connectivity index (χ0v) is 12.4. The molecule has 0 radical (unpaired) electrons. The first-order valence-electron chi connectivity index (χ1n) is 7.89. The third kappa shape index (κ3) is 2.63. The lowest BCUT2D eigenvalue weighted by molar-refractivity contribution is -0.119. The van der Waals surface area contributed by atoms with Crippen LogP contribution in [0.15, 0.2) is 0 Å². The SMILES string of the molecule is CC1CCCN(C(=O)N2CCC3(CC2)CNC(=O)C3)C1. The predicted octanol–water partition coefficient (Wildman–Crippen LogP) is 1.44. The summed E-state index contributed by atoms with van der Waals surface area (Å²) < 4.78 is 0. The van der Waals surface area contributed by atoms with Crippen molar-refractivity contribution >= 4 is 11.9 Å². The summed E-state index contributed by atoms with van der Waals surface area (Å²) in [5.74, 6) is 0.801. The lowest BCUT2D eigenvalue weighted by Crippen LogP contribution is -2.51. The van der Waals surface area contributed by atoms with Gasteiger partial charge < -0.3 is 15.1 Å². The van der Waals surface area contributed by atoms with Crippen molar-refractivity contribution in [2.75, 3.05) is 32.7 Å². The van der Waals surface area contributed by atoms with Gasteiger partial charge in [-0.15, -0.1) is 0 Å². The smallest absolute Gasteiger partial charge is 0.320 e. The quantitative estimate of drug-likeness (QED) is 0.729. The second-order valence-corrected chi connectivity index (χ2v) is 6.92. The molecule has 0 saturated carbocycles. The molecule has 5 heteroatoms. The van der Waals surface area contributed by atoms with E-state index in [1.54, 1.807) is 0 Å². The zero-order chi connectivity index (χ0) is 14.2. The Morgan fingerprint density at radius 1 is 1.25 bits per heavy atom. The van der Waals surface area contributed by atoms with Gasteiger partial charge in [0.05, 0.1) is 0 Å². The summed E-state index contributed by atoms with van der Waals surface area (Å²) in [6, 6.07) is 0.212. The summed E-state index contributed by atoms with van der Waals surface area (Å²) in [6.07, 6.45) is 4.93. The van der Waals surface area contributed by atoms with Crippen molar-refractivity contribution in [2.45, 2.75) is 39.0 Å². The van der Waals surface area contributed by atoms with Crippen LogP contribution in [0, 0.1) is 11.3 Å². The van der Waals surface area contributed by atoms with E-state index in [9.17, 15) is 9.59 Å². The van der Waals surface area contributed by atoms with Crippen LogP contribution in [0.2, 0.25) is 0 Å². The van der Waals surface area contributed by atoms with Crippen molar-refractivity contribution < 1.29 is 9.59 Å². The monoisotopic (exact) mass is 279 g/mol. The average Bonchev–Trinajstić information content (AvgIpc) is 2.80. The molecular weight excluding hydrogens is 254 g/mol. The van der Waals surface area contributed by atoms with Gasteiger partial charge in [-0.3, -0.25) is 4.79 Å². The number of amides is 3. The van der Waals surface area contributed by atoms with Crippen LogP contribution in [0.3, 0.4) is 0 Å². The van der Waals surface area contributed by atoms with E-state index in [2.05, 4.69) is 12.2 Å². The Labute approximate surface area is 120 Å². The van der Waals surface area contributed by atoms with Crippen molar-refractivity contribution in [3.8, 4) is 0 Å². The Morgan fingerprint density at radius 2 is 2.00 bits per heavy atom. The van der Waals surface area contributed by atoms with Gasteiger partial charge in [0.15, 0.2) is 0 Å². The third-order valence-corrected chi connectivity index (χ3v) is 5.22. The van der Waals surface area contributed by atoms with Gasteiger partial charge in [-0.25, -0.2) is 4.79 Å². The number of carbonyl (C=O) groups excluding carboxylic acids is 2. The summed E-state index contributed by atoms with van der Waals surface area (Å²) >= 11 is 0. The first-order valence-corrected chi connectivity index (χ1v) is 7.89. The van der Waals surface area contributed by atoms with Gasteiger partial charge in [0, 0.05) is 39.1 Å². The molecule has 0 aromatic rings. The van der Waals surface area contributed by atoms with Crippen molar-refractivity contribution in [3.05, 3.63) is 0 Å². The molecule has 112 valence electrons. The van der Waals surface area contributed by atoms with E-state index in [-0.39, 0.29) is 17.4 Å². The molecule has 3 aliphatic heterocycles. The van der Waals surface area contributed by atoms with Crippen LogP contribution in [0.1, 0.15) is 39.0 Å². The molecule has 3 rings (SSSR count). The molecule has 5 nitrogen and oxygen atoms in total. The normalized spacial score (nSPS) is 29.6. The molecule has 1 unspecified atom stereocenters. The second kappa shape index (κ2) is 5.26. The van der Waals surface area contributed by atoms with Crippen molar-refractivity contribution in [2.24, 2.45) is 11.3 Å². The fraction of sp³-hybridized carbons (Fsp3) is 0.867. The fourth-order valence-electron chi connectivity index (χ4n) is 3.84. The van der Waals surface area contributed by atoms with E-state index in [0.717, 1.165) is 52.0 Å². The molecule has 20 heavy (non-hydrogen) atoms. The highest BCUT2D eigenvalue weighted by Crippen LogP contribution is 2.37. The Bertz CT molecular complexity index is 402. The lowest BCUT2D eigenvalue weighted by atomic mass is 9.78. The fourth-order valence-corrected chi connectivity index (χ4v) is 3.84. The highest BCUT2D eigenvalue weighted by Gasteiger charge is 2.42. The maximum absolute atomic E-state index is 12.5. The Morgan fingerprint density at radius 3 is 2.60 bits per heavy atom. The molecule has 3 aliphatic rings. The van der Waals surface area contributed by atoms with Crippen LogP contribution in [0.25, 0.3) is 0 Å². The van der Waals surface area contributed by atoms with E-state index in [1.807, 2.05) is 9.80 Å². The molecule has 0 aromatic carbocycles. The number of hydrogen-bond donors (Lipinski definition) is 1. The van der Waals surface area contributed by atoms with E-state index in [1.165, 1.54) is 6.42 Å². The Balaban J connectivity index is 1.55. The number of carbonyl (C=O) groups is 2. The predicted molar refractivity (Wildman–Crippen MR) is 76.2 cm³/mol. The molecule has 0 aromatic heterocycles. The third-order valence-electron chi connectivity index (χ3n) is 5.22. The first-order chi connectivity index (χ1) is 9.58. The minimum atomic E-state index is 0.128. The highest BCUT2D eigenvalue weighted by molar-refractivity contribution is 5.79. The maximum Gasteiger partial charge on any atom is 0.320 e. The minimum Gasteiger partial charge on any atom is -0.356 e. The van der Waals surface area contributed by atoms with Crippen LogP contribution in [-0.2, 0) is 4.79 Å². The summed E-state index contributed by atoms with van der Waals surface area (Å²) in [6.45, 7) is 6.44. The number of hydrogen-bond acceptors (Lipinski definition) is 2. The Hall–Kier alpha value is -1.26. The zero-order valence-electron chi connectivity index (χ0n) is 12.4. The van der Waals surface area contributed by atoms with Crippen LogP contribution in [0.4, 0.5) is 4.79 Å². The summed E-state index contributed by atoms with van der Waals surface area (Å²) in [5.41, 5.74) is 0.128. The number of nitrogens with one attached hydrogen (secondary N) is 1. The van der Waals surface area contributed by atoms with Gasteiger partial charge in [0.25, 0.3) is 0 Å². The van der Waals surface area contributed by atoms with Crippen LogP contribution in [0.5, 0.6) is 0 Å². The summed E-state index contributed by atoms with van der Waals surface area (Å²) in [5, 5.41) is 2.94. The van der Waals surface area contributed by atoms with Crippen molar-refractivity contribution in [1.29, 1.82) is 0 Å². The van der Waals surface area contributed by atoms with Gasteiger partial charge >= 0.3 is 6.03 Å². The van der Waals surface area contributed by atoms with E-state index >= 15 is 0 Å². The van der Waals surface area contributed by atoms with Gasteiger partial charge in [0.2, 0.25) is 5.91 Å². The minimum absolute atomic E-state index is 0.128. The van der Waals surface area contributed by atoms with Gasteiger partial charge in [0.1, 0.15) is 0 Å². The van der Waals surface area contributed by atoms with Crippen LogP contribution < -0.4 is 5.32 Å². The second-order valence-electron chi connectivity index (χ2n) is 6.92. The highest BCUT2D eigenvalue weighted by atomic mass is 16.2. The largest absolute Gasteiger partial charge is 0.356 e. The first kappa shape index (κ1) is 13.7. The van der Waals surface area contributed by atoms with E-state index in [4.69, 9.17) is 0 Å². The topological polar surface area (TPSA) is 52.7 Å². The number of rotatable bonds is 0. The van der Waals surface area contributed by atoms with Gasteiger partial charge in [-0.1, -0.05) is 6.92 Å². The Kier molecular flexibility index (Phi) is 3.61. The number of urea groups is 1. The molecule has 3 fully saturated rings. The molecule has 1 spiro atoms. The van der Waals surface area contributed by atoms with Gasteiger partial charge in [-0.2, -0.15) is 0 Å². The van der Waals surface area contributed by atoms with Crippen LogP contribution in [-0.4, -0.2) is 54.5 Å². The van der Waals surface area contributed by atoms with Crippen molar-refractivity contribution in [1.82, 2.24) is 15.1 Å². The number of piperidine rings is 2.